The lowest BCUT2D eigenvalue weighted by atomic mass is 10.0. The Kier molecular flexibility index (Phi) is 3.18. The van der Waals surface area contributed by atoms with E-state index >= 15 is 0 Å². The van der Waals surface area contributed by atoms with Gasteiger partial charge in [-0.25, -0.2) is 15.0 Å². The van der Waals surface area contributed by atoms with Crippen LogP contribution < -0.4 is 5.32 Å². The van der Waals surface area contributed by atoms with Crippen molar-refractivity contribution >= 4 is 17.0 Å². The van der Waals surface area contributed by atoms with Gasteiger partial charge in [0.2, 0.25) is 0 Å². The Morgan fingerprint density at radius 2 is 1.82 bits per heavy atom. The van der Waals surface area contributed by atoms with Crippen molar-refractivity contribution in [3.05, 3.63) is 12.7 Å². The van der Waals surface area contributed by atoms with Crippen molar-refractivity contribution in [1.82, 2.24) is 19.9 Å². The predicted octanol–water partition coefficient (Wildman–Crippen LogP) is -1.52. The van der Waals surface area contributed by atoms with Crippen LogP contribution in [0.15, 0.2) is 12.7 Å². The van der Waals surface area contributed by atoms with Gasteiger partial charge in [0.05, 0.1) is 26.1 Å². The SMILES string of the molecule is OCC(CO)(CO)Nc1ncnc2nc[nH]c12. The molecule has 0 aliphatic heterocycles. The minimum absolute atomic E-state index is 0.365. The van der Waals surface area contributed by atoms with E-state index in [-0.39, 0.29) is 0 Å². The van der Waals surface area contributed by atoms with Gasteiger partial charge in [-0.15, -0.1) is 0 Å². The van der Waals surface area contributed by atoms with Gasteiger partial charge in [0, 0.05) is 0 Å². The fourth-order valence-corrected chi connectivity index (χ4v) is 1.38. The number of anilines is 1. The molecule has 2 heterocycles. The molecule has 0 spiro atoms. The van der Waals surface area contributed by atoms with Gasteiger partial charge >= 0.3 is 0 Å². The van der Waals surface area contributed by atoms with E-state index in [9.17, 15) is 15.3 Å². The third-order valence-electron chi connectivity index (χ3n) is 2.51. The number of aliphatic hydroxyl groups is 3. The van der Waals surface area contributed by atoms with E-state index in [2.05, 4.69) is 25.3 Å². The normalized spacial score (nSPS) is 11.9. The molecule has 0 unspecified atom stereocenters. The molecule has 0 aliphatic carbocycles. The van der Waals surface area contributed by atoms with Crippen LogP contribution in [0.2, 0.25) is 0 Å². The average Bonchev–Trinajstić information content (AvgIpc) is 2.85. The van der Waals surface area contributed by atoms with E-state index in [4.69, 9.17) is 0 Å². The molecule has 0 saturated heterocycles. The van der Waals surface area contributed by atoms with Crippen LogP contribution in [0.4, 0.5) is 5.82 Å². The highest BCUT2D eigenvalue weighted by atomic mass is 16.3. The van der Waals surface area contributed by atoms with Crippen LogP contribution in [0.5, 0.6) is 0 Å². The van der Waals surface area contributed by atoms with E-state index in [1.807, 2.05) is 0 Å². The molecular formula is C9H13N5O3. The molecule has 0 saturated carbocycles. The third-order valence-corrected chi connectivity index (χ3v) is 2.51. The van der Waals surface area contributed by atoms with Crippen LogP contribution in [0.3, 0.4) is 0 Å². The number of nitrogens with one attached hydrogen (secondary N) is 2. The van der Waals surface area contributed by atoms with Gasteiger partial charge in [0.25, 0.3) is 0 Å². The van der Waals surface area contributed by atoms with Crippen LogP contribution in [0, 0.1) is 0 Å². The van der Waals surface area contributed by atoms with Crippen molar-refractivity contribution in [3.63, 3.8) is 0 Å². The molecule has 2 aromatic rings. The summed E-state index contributed by atoms with van der Waals surface area (Å²) >= 11 is 0. The summed E-state index contributed by atoms with van der Waals surface area (Å²) in [6, 6.07) is 0. The van der Waals surface area contributed by atoms with E-state index in [1.165, 1.54) is 12.7 Å². The summed E-state index contributed by atoms with van der Waals surface area (Å²) in [5.74, 6) is 0.365. The molecule has 8 nitrogen and oxygen atoms in total. The van der Waals surface area contributed by atoms with Crippen LogP contribution in [0.1, 0.15) is 0 Å². The molecule has 0 radical (unpaired) electrons. The fraction of sp³-hybridized carbons (Fsp3) is 0.444. The van der Waals surface area contributed by atoms with Crippen molar-refractivity contribution in [2.75, 3.05) is 25.1 Å². The first kappa shape index (κ1) is 11.7. The fourth-order valence-electron chi connectivity index (χ4n) is 1.38. The predicted molar refractivity (Wildman–Crippen MR) is 59.3 cm³/mol. The first-order valence-electron chi connectivity index (χ1n) is 4.99. The number of H-pyrrole nitrogens is 1. The van der Waals surface area contributed by atoms with Crippen LogP contribution in [0.25, 0.3) is 11.2 Å². The smallest absolute Gasteiger partial charge is 0.182 e. The third kappa shape index (κ3) is 2.05. The maximum Gasteiger partial charge on any atom is 0.182 e. The lowest BCUT2D eigenvalue weighted by Gasteiger charge is -2.29. The number of hydrogen-bond donors (Lipinski definition) is 5. The highest BCUT2D eigenvalue weighted by Crippen LogP contribution is 2.19. The number of aromatic amines is 1. The highest BCUT2D eigenvalue weighted by molar-refractivity contribution is 5.82. The van der Waals surface area contributed by atoms with Gasteiger partial charge in [0.1, 0.15) is 17.4 Å². The minimum atomic E-state index is -1.23. The first-order chi connectivity index (χ1) is 8.24. The molecule has 0 amide bonds. The maximum atomic E-state index is 9.21. The number of fused-ring (bicyclic) bond motifs is 1. The molecule has 2 aromatic heterocycles. The van der Waals surface area contributed by atoms with Gasteiger partial charge in [-0.2, -0.15) is 0 Å². The molecule has 8 heteroatoms. The zero-order chi connectivity index (χ0) is 12.3. The van der Waals surface area contributed by atoms with Crippen molar-refractivity contribution in [2.24, 2.45) is 0 Å². The Morgan fingerprint density at radius 1 is 1.12 bits per heavy atom. The topological polar surface area (TPSA) is 127 Å². The zero-order valence-corrected chi connectivity index (χ0v) is 8.96. The van der Waals surface area contributed by atoms with Crippen molar-refractivity contribution in [1.29, 1.82) is 0 Å². The van der Waals surface area contributed by atoms with E-state index < -0.39 is 25.4 Å². The molecule has 5 N–H and O–H groups in total. The zero-order valence-electron chi connectivity index (χ0n) is 8.96. The summed E-state index contributed by atoms with van der Waals surface area (Å²) in [6.45, 7) is -1.29. The summed E-state index contributed by atoms with van der Waals surface area (Å²) in [4.78, 5) is 14.7. The van der Waals surface area contributed by atoms with E-state index in [1.54, 1.807) is 0 Å². The molecule has 0 aliphatic rings. The Morgan fingerprint density at radius 3 is 2.47 bits per heavy atom. The van der Waals surface area contributed by atoms with Crippen molar-refractivity contribution < 1.29 is 15.3 Å². The largest absolute Gasteiger partial charge is 0.394 e. The quantitative estimate of drug-likeness (QED) is 0.428. The summed E-state index contributed by atoms with van der Waals surface area (Å²) in [5.41, 5.74) is -0.218. The molecule has 92 valence electrons. The molecular weight excluding hydrogens is 226 g/mol. The van der Waals surface area contributed by atoms with Crippen molar-refractivity contribution in [2.45, 2.75) is 5.54 Å². The van der Waals surface area contributed by atoms with E-state index in [0.29, 0.717) is 17.0 Å². The average molecular weight is 239 g/mol. The Labute approximate surface area is 96.4 Å². The van der Waals surface area contributed by atoms with Gasteiger partial charge in [-0.05, 0) is 0 Å². The van der Waals surface area contributed by atoms with E-state index in [0.717, 1.165) is 0 Å². The molecule has 0 atom stereocenters. The second kappa shape index (κ2) is 4.62. The van der Waals surface area contributed by atoms with Gasteiger partial charge in [0.15, 0.2) is 11.5 Å². The lowest BCUT2D eigenvalue weighted by molar-refractivity contribution is 0.0832. The van der Waals surface area contributed by atoms with Crippen LogP contribution >= 0.6 is 0 Å². The Hall–Kier alpha value is -1.77. The van der Waals surface area contributed by atoms with Crippen LogP contribution in [-0.4, -0.2) is 60.6 Å². The minimum Gasteiger partial charge on any atom is -0.394 e. The van der Waals surface area contributed by atoms with Crippen molar-refractivity contribution in [3.8, 4) is 0 Å². The first-order valence-corrected chi connectivity index (χ1v) is 4.99. The number of aliphatic hydroxyl groups excluding tert-OH is 3. The number of rotatable bonds is 5. The maximum absolute atomic E-state index is 9.21. The van der Waals surface area contributed by atoms with Gasteiger partial charge in [-0.3, -0.25) is 0 Å². The molecule has 0 fully saturated rings. The Balaban J connectivity index is 2.37. The number of hydrogen-bond acceptors (Lipinski definition) is 7. The monoisotopic (exact) mass is 239 g/mol. The molecule has 2 rings (SSSR count). The van der Waals surface area contributed by atoms with Gasteiger partial charge in [-0.1, -0.05) is 0 Å². The summed E-state index contributed by atoms with van der Waals surface area (Å²) in [7, 11) is 0. The summed E-state index contributed by atoms with van der Waals surface area (Å²) in [6.07, 6.45) is 2.77. The standard InChI is InChI=1S/C9H13N5O3/c15-1-9(2-16,3-17)14-8-6-7(11-4-10-6)12-5-13-8/h4-5,15-17H,1-3H2,(H2,10,11,12,13,14). The molecule has 0 aromatic carbocycles. The Bertz CT molecular complexity index is 488. The number of nitrogens with zero attached hydrogens (tertiary/aromatic N) is 3. The second-order valence-electron chi connectivity index (χ2n) is 3.70. The molecule has 17 heavy (non-hydrogen) atoms. The van der Waals surface area contributed by atoms with Crippen LogP contribution in [-0.2, 0) is 0 Å². The summed E-state index contributed by atoms with van der Waals surface area (Å²) < 4.78 is 0. The molecule has 0 bridgehead atoms. The number of aromatic nitrogens is 4. The second-order valence-corrected chi connectivity index (χ2v) is 3.70. The lowest BCUT2D eigenvalue weighted by Crippen LogP contribution is -2.49. The van der Waals surface area contributed by atoms with Gasteiger partial charge < -0.3 is 25.6 Å². The number of imidazole rings is 1. The highest BCUT2D eigenvalue weighted by Gasteiger charge is 2.29. The summed E-state index contributed by atoms with van der Waals surface area (Å²) in [5, 5.41) is 30.4.